The third-order valence-corrected chi connectivity index (χ3v) is 5.66. The summed E-state index contributed by atoms with van der Waals surface area (Å²) in [5.41, 5.74) is 8.57. The number of fused-ring (bicyclic) bond motifs is 6. The highest BCUT2D eigenvalue weighted by molar-refractivity contribution is 6.08. The van der Waals surface area contributed by atoms with Crippen molar-refractivity contribution in [3.05, 3.63) is 95.9 Å². The number of rotatable bonds is 2. The summed E-state index contributed by atoms with van der Waals surface area (Å²) < 4.78 is 2.39. The highest BCUT2D eigenvalue weighted by Crippen LogP contribution is 2.37. The lowest BCUT2D eigenvalue weighted by atomic mass is 10.1. The second kappa shape index (κ2) is 5.52. The molecule has 27 heavy (non-hydrogen) atoms. The van der Waals surface area contributed by atoms with Crippen LogP contribution in [0, 0.1) is 0 Å². The molecule has 1 aliphatic carbocycles. The van der Waals surface area contributed by atoms with Gasteiger partial charge < -0.3 is 4.57 Å². The summed E-state index contributed by atoms with van der Waals surface area (Å²) in [4.78, 5) is 9.28. The third-order valence-electron chi connectivity index (χ3n) is 5.66. The summed E-state index contributed by atoms with van der Waals surface area (Å²) in [6.07, 6.45) is 2.63. The minimum atomic E-state index is 0.757. The van der Waals surface area contributed by atoms with E-state index in [4.69, 9.17) is 0 Å². The highest BCUT2D eigenvalue weighted by atomic mass is 15.0. The van der Waals surface area contributed by atoms with Gasteiger partial charge in [-0.1, -0.05) is 60.7 Å². The standard InChI is InChI=1S/C24H17N3/c1-2-8-17-16(7-1)13-20-21(25-15-26-24(17)20)14-27-22-11-5-3-9-18(22)19-10-4-6-12-23(19)27/h1-12,15H,13-14H2. The molecule has 0 radical (unpaired) electrons. The summed E-state index contributed by atoms with van der Waals surface area (Å²) in [5, 5.41) is 2.59. The molecule has 3 nitrogen and oxygen atoms in total. The number of hydrogen-bond donors (Lipinski definition) is 0. The predicted octanol–water partition coefficient (Wildman–Crippen LogP) is 5.20. The van der Waals surface area contributed by atoms with Crippen LogP contribution in [0.25, 0.3) is 33.1 Å². The Hall–Kier alpha value is -3.46. The molecule has 0 N–H and O–H groups in total. The summed E-state index contributed by atoms with van der Waals surface area (Å²) in [6.45, 7) is 0.757. The van der Waals surface area contributed by atoms with Crippen molar-refractivity contribution >= 4 is 21.8 Å². The van der Waals surface area contributed by atoms with Crippen LogP contribution in [0.4, 0.5) is 0 Å². The lowest BCUT2D eigenvalue weighted by molar-refractivity contribution is 0.814. The lowest BCUT2D eigenvalue weighted by Gasteiger charge is -2.10. The fourth-order valence-electron chi connectivity index (χ4n) is 4.42. The first-order chi connectivity index (χ1) is 13.4. The maximum absolute atomic E-state index is 4.69. The second-order valence-corrected chi connectivity index (χ2v) is 7.10. The van der Waals surface area contributed by atoms with Crippen LogP contribution in [-0.2, 0) is 13.0 Å². The number of aromatic nitrogens is 3. The van der Waals surface area contributed by atoms with E-state index in [2.05, 4.69) is 87.3 Å². The van der Waals surface area contributed by atoms with Gasteiger partial charge in [-0.15, -0.1) is 0 Å². The fraction of sp³-hybridized carbons (Fsp3) is 0.0833. The number of benzene rings is 3. The number of nitrogens with zero attached hydrogens (tertiary/aromatic N) is 3. The van der Waals surface area contributed by atoms with E-state index < -0.39 is 0 Å². The molecule has 0 amide bonds. The van der Waals surface area contributed by atoms with Gasteiger partial charge in [0.2, 0.25) is 0 Å². The van der Waals surface area contributed by atoms with Crippen molar-refractivity contribution in [1.82, 2.24) is 14.5 Å². The first-order valence-electron chi connectivity index (χ1n) is 9.27. The molecule has 0 atom stereocenters. The highest BCUT2D eigenvalue weighted by Gasteiger charge is 2.23. The van der Waals surface area contributed by atoms with Crippen LogP contribution in [0.5, 0.6) is 0 Å². The Morgan fingerprint density at radius 3 is 2.19 bits per heavy atom. The van der Waals surface area contributed by atoms with Crippen molar-refractivity contribution in [2.24, 2.45) is 0 Å². The van der Waals surface area contributed by atoms with Crippen molar-refractivity contribution in [3.63, 3.8) is 0 Å². The van der Waals surface area contributed by atoms with Crippen LogP contribution in [0.2, 0.25) is 0 Å². The second-order valence-electron chi connectivity index (χ2n) is 7.10. The molecule has 5 aromatic rings. The summed E-state index contributed by atoms with van der Waals surface area (Å²) >= 11 is 0. The molecule has 3 heteroatoms. The summed E-state index contributed by atoms with van der Waals surface area (Å²) in [7, 11) is 0. The van der Waals surface area contributed by atoms with E-state index in [0.717, 1.165) is 24.4 Å². The molecular formula is C24H17N3. The minimum Gasteiger partial charge on any atom is -0.334 e. The molecule has 0 unspecified atom stereocenters. The topological polar surface area (TPSA) is 30.7 Å². The van der Waals surface area contributed by atoms with Gasteiger partial charge in [-0.25, -0.2) is 9.97 Å². The van der Waals surface area contributed by atoms with Gasteiger partial charge in [-0.3, -0.25) is 0 Å². The Morgan fingerprint density at radius 1 is 0.741 bits per heavy atom. The van der Waals surface area contributed by atoms with Gasteiger partial charge in [0.1, 0.15) is 6.33 Å². The van der Waals surface area contributed by atoms with E-state index in [1.165, 1.54) is 38.5 Å². The van der Waals surface area contributed by atoms with Crippen molar-refractivity contribution in [2.75, 3.05) is 0 Å². The molecule has 0 saturated heterocycles. The summed E-state index contributed by atoms with van der Waals surface area (Å²) in [5.74, 6) is 0. The molecule has 6 rings (SSSR count). The van der Waals surface area contributed by atoms with Gasteiger partial charge in [0, 0.05) is 39.4 Å². The van der Waals surface area contributed by atoms with Crippen LogP contribution < -0.4 is 0 Å². The van der Waals surface area contributed by atoms with Crippen molar-refractivity contribution < 1.29 is 0 Å². The molecule has 0 fully saturated rings. The number of hydrogen-bond acceptors (Lipinski definition) is 2. The van der Waals surface area contributed by atoms with Gasteiger partial charge in [-0.05, 0) is 17.7 Å². The Balaban J connectivity index is 1.56. The first kappa shape index (κ1) is 14.7. The van der Waals surface area contributed by atoms with E-state index >= 15 is 0 Å². The van der Waals surface area contributed by atoms with Crippen LogP contribution in [0.15, 0.2) is 79.1 Å². The van der Waals surface area contributed by atoms with Gasteiger partial charge >= 0.3 is 0 Å². The molecule has 0 spiro atoms. The number of para-hydroxylation sites is 2. The Morgan fingerprint density at radius 2 is 1.41 bits per heavy atom. The van der Waals surface area contributed by atoms with Crippen LogP contribution in [-0.4, -0.2) is 14.5 Å². The average Bonchev–Trinajstić information content (AvgIpc) is 3.26. The molecule has 2 heterocycles. The molecule has 3 aromatic carbocycles. The monoisotopic (exact) mass is 347 g/mol. The zero-order chi connectivity index (χ0) is 17.8. The largest absolute Gasteiger partial charge is 0.334 e. The van der Waals surface area contributed by atoms with Gasteiger partial charge in [0.25, 0.3) is 0 Å². The van der Waals surface area contributed by atoms with E-state index in [9.17, 15) is 0 Å². The van der Waals surface area contributed by atoms with Gasteiger partial charge in [0.05, 0.1) is 17.9 Å². The van der Waals surface area contributed by atoms with Crippen molar-refractivity contribution in [3.8, 4) is 11.3 Å². The molecule has 0 bridgehead atoms. The van der Waals surface area contributed by atoms with Crippen molar-refractivity contribution in [1.29, 1.82) is 0 Å². The van der Waals surface area contributed by atoms with Gasteiger partial charge in [-0.2, -0.15) is 0 Å². The molecule has 0 saturated carbocycles. The quantitative estimate of drug-likeness (QED) is 0.431. The summed E-state index contributed by atoms with van der Waals surface area (Å²) in [6, 6.07) is 25.8. The molecule has 1 aliphatic rings. The molecular weight excluding hydrogens is 330 g/mol. The van der Waals surface area contributed by atoms with Crippen LogP contribution in [0.1, 0.15) is 16.8 Å². The van der Waals surface area contributed by atoms with Crippen molar-refractivity contribution in [2.45, 2.75) is 13.0 Å². The molecule has 0 aliphatic heterocycles. The first-order valence-corrected chi connectivity index (χ1v) is 9.27. The fourth-order valence-corrected chi connectivity index (χ4v) is 4.42. The third kappa shape index (κ3) is 2.08. The normalized spacial score (nSPS) is 12.4. The van der Waals surface area contributed by atoms with E-state index in [-0.39, 0.29) is 0 Å². The lowest BCUT2D eigenvalue weighted by Crippen LogP contribution is -2.06. The maximum atomic E-state index is 4.69. The average molecular weight is 347 g/mol. The molecule has 2 aromatic heterocycles. The zero-order valence-electron chi connectivity index (χ0n) is 14.8. The minimum absolute atomic E-state index is 0.757. The van der Waals surface area contributed by atoms with Crippen LogP contribution in [0.3, 0.4) is 0 Å². The van der Waals surface area contributed by atoms with E-state index in [0.29, 0.717) is 0 Å². The Kier molecular flexibility index (Phi) is 3.00. The smallest absolute Gasteiger partial charge is 0.116 e. The Labute approximate surface area is 156 Å². The van der Waals surface area contributed by atoms with Crippen LogP contribution >= 0.6 is 0 Å². The maximum Gasteiger partial charge on any atom is 0.116 e. The molecule has 128 valence electrons. The van der Waals surface area contributed by atoms with E-state index in [1.54, 1.807) is 6.33 Å². The van der Waals surface area contributed by atoms with Gasteiger partial charge in [0.15, 0.2) is 0 Å². The Bertz CT molecular complexity index is 1280. The zero-order valence-corrected chi connectivity index (χ0v) is 14.8. The van der Waals surface area contributed by atoms with E-state index in [1.807, 2.05) is 0 Å². The SMILES string of the molecule is c1ccc2c(c1)Cc1c(Cn3c4ccccc4c4ccccc43)ncnc1-2. The predicted molar refractivity (Wildman–Crippen MR) is 109 cm³/mol.